The molecule has 6 nitrogen and oxygen atoms in total. The summed E-state index contributed by atoms with van der Waals surface area (Å²) in [6.45, 7) is 0.410. The fourth-order valence-electron chi connectivity index (χ4n) is 2.78. The summed E-state index contributed by atoms with van der Waals surface area (Å²) in [6, 6.07) is 26.7. The molecule has 3 aromatic carbocycles. The molecule has 6 heteroatoms. The summed E-state index contributed by atoms with van der Waals surface area (Å²) in [6.07, 6.45) is 2.62. The second-order valence-corrected chi connectivity index (χ2v) is 6.90. The van der Waals surface area contributed by atoms with Gasteiger partial charge in [-0.2, -0.15) is 5.10 Å². The van der Waals surface area contributed by atoms with Gasteiger partial charge in [0.25, 0.3) is 5.91 Å². The number of amides is 2. The molecule has 3 aromatic rings. The fourth-order valence-corrected chi connectivity index (χ4v) is 2.78. The Labute approximate surface area is 182 Å². The highest BCUT2D eigenvalue weighted by Gasteiger charge is 2.03. The number of hydrogen-bond donors (Lipinski definition) is 2. The van der Waals surface area contributed by atoms with Gasteiger partial charge in [-0.3, -0.25) is 9.59 Å². The van der Waals surface area contributed by atoms with Gasteiger partial charge < -0.3 is 10.1 Å². The van der Waals surface area contributed by atoms with Gasteiger partial charge >= 0.3 is 0 Å². The van der Waals surface area contributed by atoms with Crippen molar-refractivity contribution >= 4 is 18.0 Å². The molecule has 0 bridgehead atoms. The van der Waals surface area contributed by atoms with Gasteiger partial charge in [-0.1, -0.05) is 60.7 Å². The van der Waals surface area contributed by atoms with Gasteiger partial charge in [0.1, 0.15) is 5.75 Å². The van der Waals surface area contributed by atoms with Crippen molar-refractivity contribution in [3.05, 3.63) is 102 Å². The lowest BCUT2D eigenvalue weighted by atomic mass is 10.1. The van der Waals surface area contributed by atoms with Gasteiger partial charge in [0.05, 0.1) is 6.21 Å². The average Bonchev–Trinajstić information content (AvgIpc) is 2.82. The minimum Gasteiger partial charge on any atom is -0.484 e. The van der Waals surface area contributed by atoms with Crippen LogP contribution in [0.5, 0.6) is 5.75 Å². The van der Waals surface area contributed by atoms with Crippen molar-refractivity contribution < 1.29 is 14.3 Å². The summed E-state index contributed by atoms with van der Waals surface area (Å²) in [5, 5.41) is 6.80. The predicted molar refractivity (Wildman–Crippen MR) is 121 cm³/mol. The Morgan fingerprint density at radius 3 is 2.13 bits per heavy atom. The van der Waals surface area contributed by atoms with Crippen LogP contribution in [0.1, 0.15) is 23.1 Å². The van der Waals surface area contributed by atoms with E-state index >= 15 is 0 Å². The van der Waals surface area contributed by atoms with Gasteiger partial charge in [-0.25, -0.2) is 5.43 Å². The van der Waals surface area contributed by atoms with Crippen LogP contribution >= 0.6 is 0 Å². The molecule has 2 N–H and O–H groups in total. The van der Waals surface area contributed by atoms with E-state index in [2.05, 4.69) is 15.8 Å². The van der Waals surface area contributed by atoms with Crippen LogP contribution in [0, 0.1) is 0 Å². The van der Waals surface area contributed by atoms with E-state index in [0.29, 0.717) is 25.1 Å². The highest BCUT2D eigenvalue weighted by Crippen LogP contribution is 2.11. The van der Waals surface area contributed by atoms with Crippen LogP contribution in [0.15, 0.2) is 90.0 Å². The molecule has 0 radical (unpaired) electrons. The highest BCUT2D eigenvalue weighted by atomic mass is 16.5. The first-order valence-corrected chi connectivity index (χ1v) is 10.1. The van der Waals surface area contributed by atoms with Crippen molar-refractivity contribution in [2.24, 2.45) is 5.10 Å². The Kier molecular flexibility index (Phi) is 8.37. The summed E-state index contributed by atoms with van der Waals surface area (Å²) in [5.74, 6) is 0.258. The second-order valence-electron chi connectivity index (χ2n) is 6.90. The third-order valence-corrected chi connectivity index (χ3v) is 4.47. The van der Waals surface area contributed by atoms with Crippen LogP contribution in [0.4, 0.5) is 0 Å². The van der Waals surface area contributed by atoms with Gasteiger partial charge in [-0.15, -0.1) is 0 Å². The number of hydrogen-bond acceptors (Lipinski definition) is 4. The third kappa shape index (κ3) is 8.14. The topological polar surface area (TPSA) is 79.8 Å². The zero-order valence-corrected chi connectivity index (χ0v) is 17.2. The molecular weight excluding hydrogens is 390 g/mol. The van der Waals surface area contributed by atoms with E-state index in [4.69, 9.17) is 4.74 Å². The monoisotopic (exact) mass is 415 g/mol. The zero-order chi connectivity index (χ0) is 21.7. The van der Waals surface area contributed by atoms with Crippen LogP contribution in [-0.4, -0.2) is 24.6 Å². The molecule has 0 aliphatic carbocycles. The lowest BCUT2D eigenvalue weighted by Crippen LogP contribution is -2.28. The van der Waals surface area contributed by atoms with Crippen molar-refractivity contribution in [1.82, 2.24) is 10.7 Å². The molecule has 0 spiro atoms. The summed E-state index contributed by atoms with van der Waals surface area (Å²) in [7, 11) is 0. The Morgan fingerprint density at radius 1 is 0.806 bits per heavy atom. The Balaban J connectivity index is 1.35. The number of benzene rings is 3. The largest absolute Gasteiger partial charge is 0.484 e. The van der Waals surface area contributed by atoms with Gasteiger partial charge in [-0.05, 0) is 47.4 Å². The lowest BCUT2D eigenvalue weighted by molar-refractivity contribution is -0.123. The van der Waals surface area contributed by atoms with Gasteiger partial charge in [0, 0.05) is 13.0 Å². The molecule has 31 heavy (non-hydrogen) atoms. The van der Waals surface area contributed by atoms with Crippen LogP contribution in [-0.2, 0) is 22.6 Å². The fraction of sp³-hybridized carbons (Fsp3) is 0.160. The lowest BCUT2D eigenvalue weighted by Gasteiger charge is -2.08. The molecule has 0 heterocycles. The van der Waals surface area contributed by atoms with E-state index in [1.165, 1.54) is 0 Å². The van der Waals surface area contributed by atoms with Crippen molar-refractivity contribution in [2.45, 2.75) is 19.4 Å². The summed E-state index contributed by atoms with van der Waals surface area (Å²) in [5.41, 5.74) is 5.49. The number of nitrogens with zero attached hydrogens (tertiary/aromatic N) is 1. The Bertz CT molecular complexity index is 988. The number of hydrazone groups is 1. The number of ether oxygens (including phenoxy) is 1. The van der Waals surface area contributed by atoms with E-state index in [9.17, 15) is 9.59 Å². The first-order valence-electron chi connectivity index (χ1n) is 10.1. The molecule has 0 fully saturated rings. The van der Waals surface area contributed by atoms with Gasteiger partial charge in [0.2, 0.25) is 5.91 Å². The first kappa shape index (κ1) is 21.8. The summed E-state index contributed by atoms with van der Waals surface area (Å²) >= 11 is 0. The smallest absolute Gasteiger partial charge is 0.258 e. The molecule has 2 amide bonds. The van der Waals surface area contributed by atoms with E-state index in [-0.39, 0.29) is 18.4 Å². The normalized spacial score (nSPS) is 10.6. The Morgan fingerprint density at radius 2 is 1.45 bits per heavy atom. The van der Waals surface area contributed by atoms with Crippen molar-refractivity contribution in [3.63, 3.8) is 0 Å². The number of carbonyl (C=O) groups excluding carboxylic acids is 2. The summed E-state index contributed by atoms with van der Waals surface area (Å²) < 4.78 is 5.50. The van der Waals surface area contributed by atoms with Crippen LogP contribution in [0.2, 0.25) is 0 Å². The molecule has 0 aliphatic heterocycles. The third-order valence-electron chi connectivity index (χ3n) is 4.47. The second kappa shape index (κ2) is 11.9. The quantitative estimate of drug-likeness (QED) is 0.393. The molecule has 158 valence electrons. The van der Waals surface area contributed by atoms with Crippen molar-refractivity contribution in [1.29, 1.82) is 0 Å². The molecular formula is C25H25N3O3. The molecule has 0 unspecified atom stereocenters. The number of carbonyl (C=O) groups is 2. The summed E-state index contributed by atoms with van der Waals surface area (Å²) in [4.78, 5) is 23.8. The maximum Gasteiger partial charge on any atom is 0.258 e. The molecule has 0 saturated carbocycles. The number of nitrogens with one attached hydrogen (secondary N) is 2. The van der Waals surface area contributed by atoms with E-state index in [1.807, 2.05) is 60.7 Å². The van der Waals surface area contributed by atoms with E-state index in [1.54, 1.807) is 30.5 Å². The highest BCUT2D eigenvalue weighted by molar-refractivity contribution is 5.82. The zero-order valence-electron chi connectivity index (χ0n) is 17.2. The van der Waals surface area contributed by atoms with Crippen molar-refractivity contribution in [2.75, 3.05) is 6.61 Å². The van der Waals surface area contributed by atoms with Crippen molar-refractivity contribution in [3.8, 4) is 5.75 Å². The van der Waals surface area contributed by atoms with Crippen LogP contribution in [0.25, 0.3) is 0 Å². The number of rotatable bonds is 10. The molecule has 3 rings (SSSR count). The van der Waals surface area contributed by atoms with Crippen LogP contribution < -0.4 is 15.5 Å². The Hall–Kier alpha value is -3.93. The van der Waals surface area contributed by atoms with Gasteiger partial charge in [0.15, 0.2) is 6.61 Å². The van der Waals surface area contributed by atoms with Crippen LogP contribution in [0.3, 0.4) is 0 Å². The van der Waals surface area contributed by atoms with E-state index < -0.39 is 0 Å². The average molecular weight is 415 g/mol. The minimum atomic E-state index is -0.187. The number of aryl methyl sites for hydroxylation is 1. The maximum atomic E-state index is 11.9. The van der Waals surface area contributed by atoms with E-state index in [0.717, 1.165) is 16.7 Å². The SMILES string of the molecule is O=C(COc1ccc(/C=N\NC(=O)CCc2ccccc2)cc1)NCc1ccccc1. The minimum absolute atomic E-state index is 0.0578. The standard InChI is InChI=1S/C25H25N3O3/c29-24(16-13-20-7-3-1-4-8-20)28-27-18-22-11-14-23(15-12-22)31-19-25(30)26-17-21-9-5-2-6-10-21/h1-12,14-15,18H,13,16-17,19H2,(H,26,30)(H,28,29)/b27-18-. The molecule has 0 aliphatic rings. The first-order chi connectivity index (χ1) is 15.2. The molecule has 0 aromatic heterocycles. The predicted octanol–water partition coefficient (Wildman–Crippen LogP) is 3.46. The molecule has 0 saturated heterocycles. The molecule has 0 atom stereocenters. The maximum absolute atomic E-state index is 11.9.